The molecule has 3 N–H and O–H groups in total. The highest BCUT2D eigenvalue weighted by molar-refractivity contribution is 7.17. The Balaban J connectivity index is 1.52. The largest absolute Gasteiger partial charge is 0.425 e. The Morgan fingerprint density at radius 3 is 2.80 bits per heavy atom. The number of urea groups is 1. The molecule has 2 aliphatic rings. The number of fused-ring (bicyclic) bond motifs is 2. The maximum Gasteiger partial charge on any atom is 0.425 e. The van der Waals surface area contributed by atoms with Gasteiger partial charge in [-0.3, -0.25) is 10.1 Å². The van der Waals surface area contributed by atoms with Crippen molar-refractivity contribution in [3.8, 4) is 0 Å². The molecule has 6 nitrogen and oxygen atoms in total. The zero-order chi connectivity index (χ0) is 21.5. The van der Waals surface area contributed by atoms with E-state index in [1.807, 2.05) is 0 Å². The second-order valence-electron chi connectivity index (χ2n) is 6.79. The Kier molecular flexibility index (Phi) is 5.84. The molecule has 0 spiro atoms. The van der Waals surface area contributed by atoms with Crippen molar-refractivity contribution in [3.05, 3.63) is 36.9 Å². The minimum Gasteiger partial charge on any atom is -0.344 e. The smallest absolute Gasteiger partial charge is 0.344 e. The Hall–Kier alpha value is -2.02. The Morgan fingerprint density at radius 2 is 2.07 bits per heavy atom. The predicted octanol–water partition coefficient (Wildman–Crippen LogP) is 4.15. The molecule has 0 saturated carbocycles. The minimum absolute atomic E-state index is 0.0671. The molecule has 0 bridgehead atoms. The van der Waals surface area contributed by atoms with Crippen molar-refractivity contribution in [1.29, 1.82) is 0 Å². The van der Waals surface area contributed by atoms with Gasteiger partial charge in [0.15, 0.2) is 6.29 Å². The second kappa shape index (κ2) is 8.25. The molecule has 2 amide bonds. The number of nitrogens with one attached hydrogen (secondary N) is 3. The van der Waals surface area contributed by atoms with Crippen LogP contribution in [0.15, 0.2) is 0 Å². The molecule has 0 radical (unpaired) electrons. The number of carbonyl (C=O) groups is 2. The van der Waals surface area contributed by atoms with Gasteiger partial charge < -0.3 is 15.4 Å². The van der Waals surface area contributed by atoms with Gasteiger partial charge in [0, 0.05) is 18.0 Å². The molecule has 4 heterocycles. The van der Waals surface area contributed by atoms with E-state index in [0.717, 1.165) is 11.3 Å². The maximum atomic E-state index is 13.9. The van der Waals surface area contributed by atoms with Gasteiger partial charge in [0.05, 0.1) is 17.0 Å². The first-order valence-electron chi connectivity index (χ1n) is 9.12. The molecule has 0 aliphatic carbocycles. The van der Waals surface area contributed by atoms with Gasteiger partial charge in [0.25, 0.3) is 0 Å². The molecule has 4 rings (SSSR count). The second-order valence-corrected chi connectivity index (χ2v) is 8.94. The first-order chi connectivity index (χ1) is 14.3. The lowest BCUT2D eigenvalue weighted by molar-refractivity contribution is -0.135. The van der Waals surface area contributed by atoms with E-state index in [4.69, 9.17) is 4.74 Å². The monoisotopic (exact) mass is 463 g/mol. The Labute approximate surface area is 176 Å². The van der Waals surface area contributed by atoms with Crippen molar-refractivity contribution in [3.63, 3.8) is 0 Å². The number of hydrogen-bond acceptors (Lipinski definition) is 6. The van der Waals surface area contributed by atoms with Crippen molar-refractivity contribution >= 4 is 40.0 Å². The summed E-state index contributed by atoms with van der Waals surface area (Å²) in [6.07, 6.45) is -4.86. The summed E-state index contributed by atoms with van der Waals surface area (Å²) >= 11 is 1.58. The number of anilines is 1. The van der Waals surface area contributed by atoms with Crippen LogP contribution in [0, 0.1) is 0 Å². The zero-order valence-corrected chi connectivity index (χ0v) is 17.1. The molecule has 2 aromatic rings. The van der Waals surface area contributed by atoms with Crippen molar-refractivity contribution in [1.82, 2.24) is 10.6 Å². The summed E-state index contributed by atoms with van der Waals surface area (Å²) in [5.74, 6) is 0. The quantitative estimate of drug-likeness (QED) is 0.470. The van der Waals surface area contributed by atoms with E-state index >= 15 is 0 Å². The summed E-state index contributed by atoms with van der Waals surface area (Å²) in [5.41, 5.74) is 1.34. The fraction of sp³-hybridized carbons (Fsp3) is 0.444. The number of alkyl halides is 4. The molecule has 0 saturated heterocycles. The van der Waals surface area contributed by atoms with Crippen LogP contribution in [0.1, 0.15) is 48.0 Å². The molecule has 162 valence electrons. The Bertz CT molecular complexity index is 986. The van der Waals surface area contributed by atoms with E-state index in [2.05, 4.69) is 16.0 Å². The van der Waals surface area contributed by atoms with Crippen LogP contribution in [0.4, 0.5) is 27.4 Å². The summed E-state index contributed by atoms with van der Waals surface area (Å²) in [6, 6.07) is -0.768. The lowest BCUT2D eigenvalue weighted by Crippen LogP contribution is -2.30. The highest BCUT2D eigenvalue weighted by Crippen LogP contribution is 2.42. The van der Waals surface area contributed by atoms with E-state index in [1.54, 1.807) is 0 Å². The fourth-order valence-electron chi connectivity index (χ4n) is 3.63. The lowest BCUT2D eigenvalue weighted by Gasteiger charge is -2.16. The van der Waals surface area contributed by atoms with Crippen LogP contribution in [0.2, 0.25) is 0 Å². The molecule has 0 aromatic carbocycles. The lowest BCUT2D eigenvalue weighted by atomic mass is 10.0. The number of hydrogen-bond donors (Lipinski definition) is 3. The molecule has 0 fully saturated rings. The first-order valence-corrected chi connectivity index (χ1v) is 10.8. The maximum absolute atomic E-state index is 13.9. The number of aldehydes is 1. The van der Waals surface area contributed by atoms with Gasteiger partial charge in [-0.25, -0.2) is 9.18 Å². The number of halogens is 4. The molecule has 1 atom stereocenters. The molecule has 2 aromatic heterocycles. The van der Waals surface area contributed by atoms with Crippen LogP contribution in [0.3, 0.4) is 0 Å². The summed E-state index contributed by atoms with van der Waals surface area (Å²) in [7, 11) is 0. The van der Waals surface area contributed by atoms with Gasteiger partial charge in [-0.2, -0.15) is 13.2 Å². The predicted molar refractivity (Wildman–Crippen MR) is 104 cm³/mol. The van der Waals surface area contributed by atoms with E-state index < -0.39 is 23.4 Å². The highest BCUT2D eigenvalue weighted by Gasteiger charge is 2.38. The van der Waals surface area contributed by atoms with E-state index in [9.17, 15) is 27.2 Å². The zero-order valence-electron chi connectivity index (χ0n) is 15.5. The van der Waals surface area contributed by atoms with Gasteiger partial charge in [0.1, 0.15) is 9.88 Å². The topological polar surface area (TPSA) is 79.5 Å². The third-order valence-electron chi connectivity index (χ3n) is 4.97. The van der Waals surface area contributed by atoms with Crippen molar-refractivity contribution in [2.24, 2.45) is 0 Å². The number of amides is 2. The fourth-order valence-corrected chi connectivity index (χ4v) is 5.97. The van der Waals surface area contributed by atoms with Crippen LogP contribution >= 0.6 is 22.7 Å². The molecule has 12 heteroatoms. The van der Waals surface area contributed by atoms with Gasteiger partial charge in [-0.1, -0.05) is 0 Å². The third kappa shape index (κ3) is 3.96. The van der Waals surface area contributed by atoms with Crippen LogP contribution in [0.25, 0.3) is 0 Å². The summed E-state index contributed by atoms with van der Waals surface area (Å²) < 4.78 is 59.2. The van der Waals surface area contributed by atoms with Gasteiger partial charge in [0.2, 0.25) is 6.36 Å². The third-order valence-corrected chi connectivity index (χ3v) is 7.46. The molecule has 1 unspecified atom stereocenters. The summed E-state index contributed by atoms with van der Waals surface area (Å²) in [5, 5.41) is 8.09. The van der Waals surface area contributed by atoms with Crippen LogP contribution in [-0.4, -0.2) is 25.5 Å². The van der Waals surface area contributed by atoms with E-state index in [1.165, 1.54) is 0 Å². The molecule has 30 heavy (non-hydrogen) atoms. The van der Waals surface area contributed by atoms with Crippen LogP contribution in [0.5, 0.6) is 0 Å². The van der Waals surface area contributed by atoms with Crippen LogP contribution in [-0.2, 0) is 36.8 Å². The van der Waals surface area contributed by atoms with Gasteiger partial charge in [-0.15, -0.1) is 22.7 Å². The molecule has 2 aliphatic heterocycles. The summed E-state index contributed by atoms with van der Waals surface area (Å²) in [6.45, 7) is 0.750. The first kappa shape index (κ1) is 21.2. The van der Waals surface area contributed by atoms with E-state index in [-0.39, 0.29) is 34.2 Å². The average Bonchev–Trinajstić information content (AvgIpc) is 3.25. The number of rotatable bonds is 4. The van der Waals surface area contributed by atoms with E-state index in [0.29, 0.717) is 59.6 Å². The van der Waals surface area contributed by atoms with Gasteiger partial charge in [-0.05, 0) is 36.1 Å². The van der Waals surface area contributed by atoms with Crippen molar-refractivity contribution in [2.45, 2.75) is 38.5 Å². The minimum atomic E-state index is -4.51. The van der Waals surface area contributed by atoms with Crippen LogP contribution < -0.4 is 16.0 Å². The SMILES string of the molecule is O=Cc1c(NC(=O)NCc2c(C(F)(F)F)sc3c2CCNC3)sc2c1CCOC2F. The number of carbonyl (C=O) groups excluding carboxylic acids is 2. The molecular formula is C18H17F4N3O3S2. The van der Waals surface area contributed by atoms with Crippen molar-refractivity contribution < 1.29 is 31.9 Å². The average molecular weight is 463 g/mol. The Morgan fingerprint density at radius 1 is 1.27 bits per heavy atom. The number of ether oxygens (including phenoxy) is 1. The number of thiophene rings is 2. The standard InChI is InChI=1S/C18H17F4N3O3S2/c19-15-13-9(2-4-28-15)11(7-26)16(30-13)25-17(27)24-5-10-8-1-3-23-6-12(8)29-14(10)18(20,21)22/h7,15,23H,1-6H2,(H2,24,25,27). The highest BCUT2D eigenvalue weighted by atomic mass is 32.1. The normalized spacial score (nSPS) is 18.5. The van der Waals surface area contributed by atoms with Crippen molar-refractivity contribution in [2.75, 3.05) is 18.5 Å². The summed E-state index contributed by atoms with van der Waals surface area (Å²) in [4.78, 5) is 23.9. The van der Waals surface area contributed by atoms with Gasteiger partial charge >= 0.3 is 12.2 Å². The molecular weight excluding hydrogens is 446 g/mol.